The van der Waals surface area contributed by atoms with Gasteiger partial charge in [-0.3, -0.25) is 9.78 Å². The SMILES string of the molecule is Cc1ncccc1C(=O)N1CC(CCl)C1. The number of rotatable bonds is 2. The highest BCUT2D eigenvalue weighted by Gasteiger charge is 2.30. The minimum atomic E-state index is 0.0713. The second-order valence-electron chi connectivity index (χ2n) is 3.87. The van der Waals surface area contributed by atoms with Gasteiger partial charge in [-0.1, -0.05) is 0 Å². The van der Waals surface area contributed by atoms with Crippen molar-refractivity contribution in [3.8, 4) is 0 Å². The normalized spacial score (nSPS) is 16.3. The van der Waals surface area contributed by atoms with E-state index in [1.54, 1.807) is 12.3 Å². The van der Waals surface area contributed by atoms with Gasteiger partial charge in [0.05, 0.1) is 5.56 Å². The number of likely N-dealkylation sites (tertiary alicyclic amines) is 1. The Balaban J connectivity index is 2.07. The molecule has 0 saturated carbocycles. The standard InChI is InChI=1S/C11H13ClN2O/c1-8-10(3-2-4-13-8)11(15)14-6-9(5-12)7-14/h2-4,9H,5-7H2,1H3. The van der Waals surface area contributed by atoms with E-state index in [9.17, 15) is 4.79 Å². The fraction of sp³-hybridized carbons (Fsp3) is 0.455. The van der Waals surface area contributed by atoms with E-state index in [0.29, 0.717) is 17.4 Å². The van der Waals surface area contributed by atoms with Crippen LogP contribution in [0.15, 0.2) is 18.3 Å². The number of hydrogen-bond acceptors (Lipinski definition) is 2. The fourth-order valence-corrected chi connectivity index (χ4v) is 1.91. The topological polar surface area (TPSA) is 33.2 Å². The summed E-state index contributed by atoms with van der Waals surface area (Å²) in [7, 11) is 0. The first-order valence-corrected chi connectivity index (χ1v) is 5.52. The molecule has 0 aromatic carbocycles. The van der Waals surface area contributed by atoms with Gasteiger partial charge in [0.15, 0.2) is 0 Å². The molecule has 0 N–H and O–H groups in total. The molecule has 2 rings (SSSR count). The molecule has 2 heterocycles. The van der Waals surface area contributed by atoms with Gasteiger partial charge in [0, 0.05) is 36.8 Å². The molecule has 0 unspecified atom stereocenters. The van der Waals surface area contributed by atoms with Gasteiger partial charge in [0.2, 0.25) is 0 Å². The molecule has 1 aliphatic rings. The molecular weight excluding hydrogens is 212 g/mol. The Bertz CT molecular complexity index is 375. The van der Waals surface area contributed by atoms with Gasteiger partial charge in [-0.25, -0.2) is 0 Å². The van der Waals surface area contributed by atoms with Crippen LogP contribution in [0.4, 0.5) is 0 Å². The number of hydrogen-bond donors (Lipinski definition) is 0. The van der Waals surface area contributed by atoms with Gasteiger partial charge in [-0.15, -0.1) is 11.6 Å². The number of pyridine rings is 1. The Hall–Kier alpha value is -1.09. The first-order valence-electron chi connectivity index (χ1n) is 4.99. The summed E-state index contributed by atoms with van der Waals surface area (Å²) < 4.78 is 0. The van der Waals surface area contributed by atoms with Gasteiger partial charge < -0.3 is 4.90 Å². The molecule has 1 amide bonds. The van der Waals surface area contributed by atoms with Crippen LogP contribution in [0.2, 0.25) is 0 Å². The Morgan fingerprint density at radius 1 is 1.67 bits per heavy atom. The van der Waals surface area contributed by atoms with Crippen molar-refractivity contribution in [3.05, 3.63) is 29.6 Å². The maximum atomic E-state index is 12.0. The molecule has 3 nitrogen and oxygen atoms in total. The zero-order valence-electron chi connectivity index (χ0n) is 8.61. The van der Waals surface area contributed by atoms with Crippen molar-refractivity contribution in [2.24, 2.45) is 5.92 Å². The molecule has 0 aliphatic carbocycles. The summed E-state index contributed by atoms with van der Waals surface area (Å²) in [6, 6.07) is 3.61. The Labute approximate surface area is 94.1 Å². The third-order valence-corrected chi connectivity index (χ3v) is 3.14. The van der Waals surface area contributed by atoms with Crippen molar-refractivity contribution in [1.29, 1.82) is 0 Å². The van der Waals surface area contributed by atoms with E-state index in [1.165, 1.54) is 0 Å². The quantitative estimate of drug-likeness (QED) is 0.717. The molecule has 1 fully saturated rings. The smallest absolute Gasteiger partial charge is 0.255 e. The summed E-state index contributed by atoms with van der Waals surface area (Å²) >= 11 is 5.70. The number of halogens is 1. The van der Waals surface area contributed by atoms with Crippen molar-refractivity contribution in [1.82, 2.24) is 9.88 Å². The Morgan fingerprint density at radius 3 is 3.00 bits per heavy atom. The van der Waals surface area contributed by atoms with Crippen LogP contribution in [-0.2, 0) is 0 Å². The summed E-state index contributed by atoms with van der Waals surface area (Å²) in [5.41, 5.74) is 1.49. The monoisotopic (exact) mass is 224 g/mol. The number of carbonyl (C=O) groups excluding carboxylic acids is 1. The van der Waals surface area contributed by atoms with Gasteiger partial charge in [-0.05, 0) is 19.1 Å². The van der Waals surface area contributed by atoms with E-state index in [4.69, 9.17) is 11.6 Å². The second-order valence-corrected chi connectivity index (χ2v) is 4.18. The zero-order chi connectivity index (χ0) is 10.8. The number of alkyl halides is 1. The van der Waals surface area contributed by atoms with E-state index in [2.05, 4.69) is 4.98 Å². The lowest BCUT2D eigenvalue weighted by atomic mass is 10.0. The van der Waals surface area contributed by atoms with Crippen molar-refractivity contribution < 1.29 is 4.79 Å². The number of aromatic nitrogens is 1. The average Bonchev–Trinajstić information content (AvgIpc) is 2.16. The maximum Gasteiger partial charge on any atom is 0.255 e. The summed E-state index contributed by atoms with van der Waals surface area (Å²) in [6.45, 7) is 3.40. The minimum absolute atomic E-state index is 0.0713. The van der Waals surface area contributed by atoms with Crippen LogP contribution in [0, 0.1) is 12.8 Å². The predicted molar refractivity (Wildman–Crippen MR) is 59.1 cm³/mol. The summed E-state index contributed by atoms with van der Waals surface area (Å²) in [6.07, 6.45) is 1.70. The minimum Gasteiger partial charge on any atom is -0.338 e. The van der Waals surface area contributed by atoms with E-state index in [-0.39, 0.29) is 5.91 Å². The van der Waals surface area contributed by atoms with E-state index < -0.39 is 0 Å². The first-order chi connectivity index (χ1) is 7.22. The fourth-order valence-electron chi connectivity index (χ4n) is 1.71. The highest BCUT2D eigenvalue weighted by Crippen LogP contribution is 2.20. The number of nitrogens with zero attached hydrogens (tertiary/aromatic N) is 2. The molecule has 4 heteroatoms. The number of amides is 1. The van der Waals surface area contributed by atoms with E-state index >= 15 is 0 Å². The average molecular weight is 225 g/mol. The molecule has 1 aromatic heterocycles. The number of aryl methyl sites for hydroxylation is 1. The molecule has 0 bridgehead atoms. The van der Waals surface area contributed by atoms with Crippen molar-refractivity contribution in [3.63, 3.8) is 0 Å². The second kappa shape index (κ2) is 4.19. The highest BCUT2D eigenvalue weighted by molar-refractivity contribution is 6.18. The van der Waals surface area contributed by atoms with Crippen LogP contribution in [0.3, 0.4) is 0 Å². The molecule has 0 radical (unpaired) electrons. The lowest BCUT2D eigenvalue weighted by Crippen LogP contribution is -2.50. The van der Waals surface area contributed by atoms with Gasteiger partial charge in [0.1, 0.15) is 0 Å². The van der Waals surface area contributed by atoms with Crippen LogP contribution < -0.4 is 0 Å². The van der Waals surface area contributed by atoms with Crippen LogP contribution >= 0.6 is 11.6 Å². The lowest BCUT2D eigenvalue weighted by Gasteiger charge is -2.38. The predicted octanol–water partition coefficient (Wildman–Crippen LogP) is 1.70. The Morgan fingerprint density at radius 2 is 2.40 bits per heavy atom. The molecule has 1 saturated heterocycles. The first kappa shape index (κ1) is 10.4. The van der Waals surface area contributed by atoms with Gasteiger partial charge >= 0.3 is 0 Å². The van der Waals surface area contributed by atoms with Crippen molar-refractivity contribution in [2.75, 3.05) is 19.0 Å². The zero-order valence-corrected chi connectivity index (χ0v) is 9.37. The summed E-state index contributed by atoms with van der Waals surface area (Å²) in [4.78, 5) is 17.9. The van der Waals surface area contributed by atoms with Crippen molar-refractivity contribution >= 4 is 17.5 Å². The summed E-state index contributed by atoms with van der Waals surface area (Å²) in [5.74, 6) is 1.17. The third-order valence-electron chi connectivity index (χ3n) is 2.70. The van der Waals surface area contributed by atoms with Crippen LogP contribution in [0.5, 0.6) is 0 Å². The van der Waals surface area contributed by atoms with E-state index in [0.717, 1.165) is 18.8 Å². The maximum absolute atomic E-state index is 12.0. The molecule has 1 aromatic rings. The molecule has 15 heavy (non-hydrogen) atoms. The van der Waals surface area contributed by atoms with Crippen LogP contribution in [-0.4, -0.2) is 34.8 Å². The molecule has 0 spiro atoms. The summed E-state index contributed by atoms with van der Waals surface area (Å²) in [5, 5.41) is 0. The molecule has 0 atom stereocenters. The third kappa shape index (κ3) is 1.97. The number of carbonyl (C=O) groups is 1. The van der Waals surface area contributed by atoms with Gasteiger partial charge in [-0.2, -0.15) is 0 Å². The van der Waals surface area contributed by atoms with Crippen LogP contribution in [0.1, 0.15) is 16.1 Å². The Kier molecular flexibility index (Phi) is 2.91. The van der Waals surface area contributed by atoms with Gasteiger partial charge in [0.25, 0.3) is 5.91 Å². The highest BCUT2D eigenvalue weighted by atomic mass is 35.5. The lowest BCUT2D eigenvalue weighted by molar-refractivity contribution is 0.0534. The molecular formula is C11H13ClN2O. The van der Waals surface area contributed by atoms with Crippen molar-refractivity contribution in [2.45, 2.75) is 6.92 Å². The largest absolute Gasteiger partial charge is 0.338 e. The van der Waals surface area contributed by atoms with Crippen LogP contribution in [0.25, 0.3) is 0 Å². The molecule has 80 valence electrons. The van der Waals surface area contributed by atoms with E-state index in [1.807, 2.05) is 17.9 Å². The molecule has 1 aliphatic heterocycles.